The van der Waals surface area contributed by atoms with Crippen LogP contribution in [0.4, 0.5) is 27.5 Å². The highest BCUT2D eigenvalue weighted by Crippen LogP contribution is 2.29. The van der Waals surface area contributed by atoms with E-state index in [4.69, 9.17) is 5.73 Å². The average Bonchev–Trinajstić information content (AvgIpc) is 2.25. The lowest BCUT2D eigenvalue weighted by Crippen LogP contribution is -2.07. The largest absolute Gasteiger partial charge is 0.368 e. The normalized spacial score (nSPS) is 10.3. The van der Waals surface area contributed by atoms with Gasteiger partial charge in [0, 0.05) is 5.69 Å². The molecule has 2 aromatic rings. The van der Waals surface area contributed by atoms with Crippen molar-refractivity contribution in [2.24, 2.45) is 0 Å². The molecule has 0 saturated heterocycles. The lowest BCUT2D eigenvalue weighted by molar-refractivity contribution is -0.385. The molecular weight excluding hydrogens is 265 g/mol. The molecule has 8 heteroatoms. The third kappa shape index (κ3) is 2.79. The van der Waals surface area contributed by atoms with Crippen molar-refractivity contribution in [2.45, 2.75) is 13.8 Å². The third-order valence-corrected chi connectivity index (χ3v) is 2.56. The van der Waals surface area contributed by atoms with Crippen LogP contribution in [-0.2, 0) is 0 Å². The monoisotopic (exact) mass is 277 g/mol. The van der Waals surface area contributed by atoms with Gasteiger partial charge in [-0.25, -0.2) is 9.37 Å². The topological polar surface area (TPSA) is 107 Å². The summed E-state index contributed by atoms with van der Waals surface area (Å²) in [5.74, 6) is -0.609. The van der Waals surface area contributed by atoms with Gasteiger partial charge in [-0.1, -0.05) is 0 Å². The maximum absolute atomic E-state index is 13.3. The highest BCUT2D eigenvalue weighted by molar-refractivity contribution is 5.68. The summed E-state index contributed by atoms with van der Waals surface area (Å²) in [5.41, 5.74) is 6.35. The van der Waals surface area contributed by atoms with Gasteiger partial charge in [-0.05, 0) is 37.6 Å². The van der Waals surface area contributed by atoms with Crippen LogP contribution in [0.5, 0.6) is 0 Å². The van der Waals surface area contributed by atoms with E-state index in [-0.39, 0.29) is 23.1 Å². The predicted octanol–water partition coefficient (Wildman–Crippen LogP) is 2.47. The van der Waals surface area contributed by atoms with E-state index in [2.05, 4.69) is 15.3 Å². The fourth-order valence-electron chi connectivity index (χ4n) is 1.84. The summed E-state index contributed by atoms with van der Waals surface area (Å²) in [6.07, 6.45) is 0. The van der Waals surface area contributed by atoms with Crippen LogP contribution in [0, 0.1) is 29.8 Å². The Bertz CT molecular complexity index is 670. The molecule has 0 bridgehead atoms. The van der Waals surface area contributed by atoms with Gasteiger partial charge in [0.1, 0.15) is 11.5 Å². The van der Waals surface area contributed by atoms with E-state index in [9.17, 15) is 14.5 Å². The van der Waals surface area contributed by atoms with Crippen molar-refractivity contribution in [3.8, 4) is 0 Å². The molecule has 3 N–H and O–H groups in total. The Morgan fingerprint density at radius 1 is 1.30 bits per heavy atom. The van der Waals surface area contributed by atoms with Crippen molar-refractivity contribution < 1.29 is 9.31 Å². The second-order valence-corrected chi connectivity index (χ2v) is 4.26. The van der Waals surface area contributed by atoms with Gasteiger partial charge >= 0.3 is 5.69 Å². The maximum atomic E-state index is 13.3. The number of aryl methyl sites for hydroxylation is 2. The summed E-state index contributed by atoms with van der Waals surface area (Å²) in [5, 5.41) is 13.8. The van der Waals surface area contributed by atoms with Crippen molar-refractivity contribution in [1.82, 2.24) is 9.97 Å². The first kappa shape index (κ1) is 13.7. The van der Waals surface area contributed by atoms with Gasteiger partial charge in [0.2, 0.25) is 11.8 Å². The van der Waals surface area contributed by atoms with Crippen molar-refractivity contribution in [2.75, 3.05) is 11.1 Å². The number of halogens is 1. The number of aromatic nitrogens is 2. The Kier molecular flexibility index (Phi) is 3.47. The number of hydrogen-bond acceptors (Lipinski definition) is 6. The van der Waals surface area contributed by atoms with Crippen molar-refractivity contribution >= 4 is 23.1 Å². The molecular formula is C12H12FN5O2. The molecule has 0 radical (unpaired) electrons. The summed E-state index contributed by atoms with van der Waals surface area (Å²) in [7, 11) is 0. The molecule has 104 valence electrons. The fourth-order valence-corrected chi connectivity index (χ4v) is 1.84. The van der Waals surface area contributed by atoms with Crippen LogP contribution in [0.3, 0.4) is 0 Å². The molecule has 1 heterocycles. The van der Waals surface area contributed by atoms with Crippen LogP contribution in [-0.4, -0.2) is 14.9 Å². The molecule has 2 rings (SSSR count). The van der Waals surface area contributed by atoms with Crippen molar-refractivity contribution in [3.63, 3.8) is 0 Å². The summed E-state index contributed by atoms with van der Waals surface area (Å²) < 4.78 is 13.3. The van der Waals surface area contributed by atoms with Crippen LogP contribution in [0.25, 0.3) is 0 Å². The molecule has 0 aliphatic heterocycles. The molecule has 0 aliphatic rings. The molecule has 0 atom stereocenters. The van der Waals surface area contributed by atoms with E-state index in [1.165, 1.54) is 19.1 Å². The summed E-state index contributed by atoms with van der Waals surface area (Å²) in [6.45, 7) is 3.17. The molecule has 0 saturated carbocycles. The Balaban J connectivity index is 2.49. The number of rotatable bonds is 3. The molecule has 0 fully saturated rings. The lowest BCUT2D eigenvalue weighted by Gasteiger charge is -2.09. The van der Waals surface area contributed by atoms with Gasteiger partial charge in [0.15, 0.2) is 0 Å². The van der Waals surface area contributed by atoms with E-state index in [1.807, 2.05) is 0 Å². The smallest absolute Gasteiger partial charge is 0.332 e. The minimum atomic E-state index is -0.608. The van der Waals surface area contributed by atoms with Crippen LogP contribution in [0.2, 0.25) is 0 Å². The highest BCUT2D eigenvalue weighted by atomic mass is 19.1. The molecule has 0 unspecified atom stereocenters. The Hall–Kier alpha value is -2.77. The van der Waals surface area contributed by atoms with Gasteiger partial charge in [-0.2, -0.15) is 4.98 Å². The van der Waals surface area contributed by atoms with Crippen molar-refractivity contribution in [3.05, 3.63) is 45.4 Å². The number of anilines is 3. The number of nitrogens with zero attached hydrogens (tertiary/aromatic N) is 3. The minimum absolute atomic E-state index is 0.0648. The first-order valence-electron chi connectivity index (χ1n) is 5.69. The number of nitro groups is 1. The second-order valence-electron chi connectivity index (χ2n) is 4.26. The predicted molar refractivity (Wildman–Crippen MR) is 72.3 cm³/mol. The standard InChI is InChI=1S/C12H12FN5O2/c1-6-3-8(13)5-9(4-6)16-11-10(18(19)20)7(2)15-12(14)17-11/h3-5H,1-2H3,(H3,14,15,16,17). The highest BCUT2D eigenvalue weighted by Gasteiger charge is 2.21. The van der Waals surface area contributed by atoms with Crippen LogP contribution in [0.1, 0.15) is 11.3 Å². The third-order valence-electron chi connectivity index (χ3n) is 2.56. The van der Waals surface area contributed by atoms with Crippen LogP contribution >= 0.6 is 0 Å². The first-order chi connectivity index (χ1) is 9.36. The maximum Gasteiger partial charge on any atom is 0.332 e. The van der Waals surface area contributed by atoms with E-state index in [1.54, 1.807) is 13.0 Å². The molecule has 20 heavy (non-hydrogen) atoms. The summed E-state index contributed by atoms with van der Waals surface area (Å²) in [4.78, 5) is 18.0. The van der Waals surface area contributed by atoms with Crippen molar-refractivity contribution in [1.29, 1.82) is 0 Å². The molecule has 7 nitrogen and oxygen atoms in total. The zero-order valence-corrected chi connectivity index (χ0v) is 10.8. The molecule has 0 amide bonds. The Morgan fingerprint density at radius 2 is 2.00 bits per heavy atom. The van der Waals surface area contributed by atoms with E-state index >= 15 is 0 Å². The molecule has 1 aromatic heterocycles. The zero-order valence-electron chi connectivity index (χ0n) is 10.8. The quantitative estimate of drug-likeness (QED) is 0.659. The average molecular weight is 277 g/mol. The Morgan fingerprint density at radius 3 is 2.60 bits per heavy atom. The number of nitrogens with two attached hydrogens (primary N) is 1. The number of nitrogens with one attached hydrogen (secondary N) is 1. The lowest BCUT2D eigenvalue weighted by atomic mass is 10.2. The first-order valence-corrected chi connectivity index (χ1v) is 5.69. The molecule has 0 spiro atoms. The summed E-state index contributed by atoms with van der Waals surface area (Å²) in [6, 6.07) is 4.20. The SMILES string of the molecule is Cc1cc(F)cc(Nc2nc(N)nc(C)c2[N+](=O)[O-])c1. The second kappa shape index (κ2) is 5.08. The Labute approximate surface area is 113 Å². The van der Waals surface area contributed by atoms with Gasteiger partial charge < -0.3 is 11.1 Å². The van der Waals surface area contributed by atoms with Crippen LogP contribution in [0.15, 0.2) is 18.2 Å². The van der Waals surface area contributed by atoms with Gasteiger partial charge in [-0.15, -0.1) is 0 Å². The summed E-state index contributed by atoms with van der Waals surface area (Å²) >= 11 is 0. The number of benzene rings is 1. The molecule has 1 aromatic carbocycles. The van der Waals surface area contributed by atoms with Gasteiger partial charge in [0.05, 0.1) is 4.92 Å². The van der Waals surface area contributed by atoms with Gasteiger partial charge in [0.25, 0.3) is 0 Å². The van der Waals surface area contributed by atoms with E-state index < -0.39 is 10.7 Å². The minimum Gasteiger partial charge on any atom is -0.368 e. The zero-order chi connectivity index (χ0) is 14.9. The van der Waals surface area contributed by atoms with E-state index in [0.717, 1.165) is 0 Å². The fraction of sp³-hybridized carbons (Fsp3) is 0.167. The van der Waals surface area contributed by atoms with Crippen LogP contribution < -0.4 is 11.1 Å². The number of nitrogen functional groups attached to an aromatic ring is 1. The van der Waals surface area contributed by atoms with E-state index in [0.29, 0.717) is 11.3 Å². The van der Waals surface area contributed by atoms with Gasteiger partial charge in [-0.3, -0.25) is 10.1 Å². The molecule has 0 aliphatic carbocycles. The number of hydrogen-bond donors (Lipinski definition) is 2.